The van der Waals surface area contributed by atoms with Crippen molar-refractivity contribution in [2.24, 2.45) is 0 Å². The van der Waals surface area contributed by atoms with Crippen LogP contribution in [0.1, 0.15) is 28.9 Å². The molecule has 0 bridgehead atoms. The Labute approximate surface area is 92.9 Å². The number of hydrogen-bond donors (Lipinski definition) is 1. The molecule has 1 N–H and O–H groups in total. The van der Waals surface area contributed by atoms with Gasteiger partial charge in [0.05, 0.1) is 30.3 Å². The molecule has 5 heteroatoms. The lowest BCUT2D eigenvalue weighted by atomic mass is 10.3. The third-order valence-corrected chi connectivity index (χ3v) is 3.01. The highest BCUT2D eigenvalue weighted by Gasteiger charge is 2.09. The molecule has 4 nitrogen and oxygen atoms in total. The van der Waals surface area contributed by atoms with Crippen molar-refractivity contribution in [2.45, 2.75) is 33.3 Å². The van der Waals surface area contributed by atoms with Crippen molar-refractivity contribution in [2.75, 3.05) is 6.61 Å². The molecule has 0 unspecified atom stereocenters. The normalized spacial score (nSPS) is 10.3. The Bertz CT molecular complexity index is 335. The lowest BCUT2D eigenvalue weighted by Gasteiger charge is -1.98. The summed E-state index contributed by atoms with van der Waals surface area (Å²) in [6, 6.07) is 0. The van der Waals surface area contributed by atoms with Crippen LogP contribution in [0.3, 0.4) is 0 Å². The first-order chi connectivity index (χ1) is 7.17. The van der Waals surface area contributed by atoms with Crippen LogP contribution in [0.25, 0.3) is 0 Å². The minimum absolute atomic E-state index is 0.0399. The third-order valence-electron chi connectivity index (χ3n) is 1.94. The zero-order valence-corrected chi connectivity index (χ0v) is 9.76. The second-order valence-corrected chi connectivity index (χ2v) is 4.36. The number of aliphatic hydroxyl groups is 1. The highest BCUT2D eigenvalue weighted by Crippen LogP contribution is 2.18. The highest BCUT2D eigenvalue weighted by molar-refractivity contribution is 7.11. The molecule has 15 heavy (non-hydrogen) atoms. The molecule has 0 atom stereocenters. The van der Waals surface area contributed by atoms with E-state index >= 15 is 0 Å². The molecule has 0 aliphatic carbocycles. The molecule has 0 saturated heterocycles. The number of carbonyl (C=O) groups is 1. The SMILES string of the molecule is CCOC(=O)CCc1nc(CO)c(C)s1. The second-order valence-electron chi connectivity index (χ2n) is 3.07. The molecule has 0 amide bonds. The van der Waals surface area contributed by atoms with Crippen LogP contribution in [0.5, 0.6) is 0 Å². The summed E-state index contributed by atoms with van der Waals surface area (Å²) in [5.74, 6) is -0.198. The average molecular weight is 229 g/mol. The van der Waals surface area contributed by atoms with Gasteiger partial charge >= 0.3 is 5.97 Å². The number of rotatable bonds is 5. The highest BCUT2D eigenvalue weighted by atomic mass is 32.1. The Morgan fingerprint density at radius 3 is 2.87 bits per heavy atom. The van der Waals surface area contributed by atoms with Crippen LogP contribution in [-0.2, 0) is 22.6 Å². The number of aliphatic hydroxyl groups excluding tert-OH is 1. The maximum atomic E-state index is 11.1. The Hall–Kier alpha value is -0.940. The number of thiazole rings is 1. The van der Waals surface area contributed by atoms with Gasteiger partial charge < -0.3 is 9.84 Å². The minimum atomic E-state index is -0.198. The maximum absolute atomic E-state index is 11.1. The number of aryl methyl sites for hydroxylation is 2. The topological polar surface area (TPSA) is 59.4 Å². The molecule has 84 valence electrons. The van der Waals surface area contributed by atoms with Crippen molar-refractivity contribution in [1.29, 1.82) is 0 Å². The standard InChI is InChI=1S/C10H15NO3S/c1-3-14-10(13)5-4-9-11-8(6-12)7(2)15-9/h12H,3-6H2,1-2H3. The second kappa shape index (κ2) is 5.82. The van der Waals surface area contributed by atoms with Crippen molar-refractivity contribution in [1.82, 2.24) is 4.98 Å². The predicted octanol–water partition coefficient (Wildman–Crippen LogP) is 1.44. The Morgan fingerprint density at radius 1 is 1.60 bits per heavy atom. The number of hydrogen-bond acceptors (Lipinski definition) is 5. The van der Waals surface area contributed by atoms with Gasteiger partial charge in [-0.2, -0.15) is 0 Å². The van der Waals surface area contributed by atoms with Gasteiger partial charge in [0, 0.05) is 11.3 Å². The summed E-state index contributed by atoms with van der Waals surface area (Å²) in [7, 11) is 0. The van der Waals surface area contributed by atoms with E-state index in [1.807, 2.05) is 6.92 Å². The Balaban J connectivity index is 2.47. The number of carbonyl (C=O) groups excluding carboxylic acids is 1. The molecule has 1 aromatic heterocycles. The predicted molar refractivity (Wildman–Crippen MR) is 57.7 cm³/mol. The van der Waals surface area contributed by atoms with Crippen molar-refractivity contribution >= 4 is 17.3 Å². The fraction of sp³-hybridized carbons (Fsp3) is 0.600. The lowest BCUT2D eigenvalue weighted by molar-refractivity contribution is -0.143. The number of nitrogens with zero attached hydrogens (tertiary/aromatic N) is 1. The van der Waals surface area contributed by atoms with E-state index in [9.17, 15) is 4.79 Å². The first kappa shape index (κ1) is 12.1. The molecule has 0 aromatic carbocycles. The van der Waals surface area contributed by atoms with Gasteiger partial charge in [0.2, 0.25) is 0 Å². The molecule has 0 aliphatic rings. The zero-order chi connectivity index (χ0) is 11.3. The van der Waals surface area contributed by atoms with Crippen LogP contribution < -0.4 is 0 Å². The fourth-order valence-electron chi connectivity index (χ4n) is 1.18. The van der Waals surface area contributed by atoms with Crippen LogP contribution >= 0.6 is 11.3 Å². The molecule has 0 spiro atoms. The summed E-state index contributed by atoms with van der Waals surface area (Å²) in [6.45, 7) is 4.08. The molecule has 1 rings (SSSR count). The number of aromatic nitrogens is 1. The molecule has 1 heterocycles. The largest absolute Gasteiger partial charge is 0.466 e. The van der Waals surface area contributed by atoms with Gasteiger partial charge in [-0.25, -0.2) is 4.98 Å². The van der Waals surface area contributed by atoms with Crippen LogP contribution in [0.15, 0.2) is 0 Å². The molecular weight excluding hydrogens is 214 g/mol. The van der Waals surface area contributed by atoms with Gasteiger partial charge in [-0.3, -0.25) is 4.79 Å². The van der Waals surface area contributed by atoms with E-state index in [1.54, 1.807) is 6.92 Å². The van der Waals surface area contributed by atoms with Crippen LogP contribution in [0.2, 0.25) is 0 Å². The Kier molecular flexibility index (Phi) is 4.71. The average Bonchev–Trinajstić information content (AvgIpc) is 2.56. The van der Waals surface area contributed by atoms with Gasteiger partial charge in [-0.05, 0) is 13.8 Å². The van der Waals surface area contributed by atoms with E-state index in [1.165, 1.54) is 11.3 Å². The Morgan fingerprint density at radius 2 is 2.33 bits per heavy atom. The van der Waals surface area contributed by atoms with E-state index in [4.69, 9.17) is 9.84 Å². The number of esters is 1. The molecule has 1 aromatic rings. The van der Waals surface area contributed by atoms with Crippen LogP contribution in [0, 0.1) is 6.92 Å². The molecule has 0 aliphatic heterocycles. The minimum Gasteiger partial charge on any atom is -0.466 e. The summed E-state index contributed by atoms with van der Waals surface area (Å²) < 4.78 is 4.82. The summed E-state index contributed by atoms with van der Waals surface area (Å²) in [5.41, 5.74) is 0.707. The monoisotopic (exact) mass is 229 g/mol. The first-order valence-electron chi connectivity index (χ1n) is 4.89. The summed E-state index contributed by atoms with van der Waals surface area (Å²) in [4.78, 5) is 16.3. The van der Waals surface area contributed by atoms with Gasteiger partial charge in [0.1, 0.15) is 0 Å². The van der Waals surface area contributed by atoms with E-state index in [-0.39, 0.29) is 12.6 Å². The lowest BCUT2D eigenvalue weighted by Crippen LogP contribution is -2.05. The van der Waals surface area contributed by atoms with Crippen LogP contribution in [-0.4, -0.2) is 22.7 Å². The van der Waals surface area contributed by atoms with Gasteiger partial charge in [-0.1, -0.05) is 0 Å². The number of ether oxygens (including phenoxy) is 1. The molecule has 0 radical (unpaired) electrons. The molecule has 0 saturated carbocycles. The summed E-state index contributed by atoms with van der Waals surface area (Å²) in [5, 5.41) is 9.83. The first-order valence-corrected chi connectivity index (χ1v) is 5.70. The molecular formula is C10H15NO3S. The van der Waals surface area contributed by atoms with Gasteiger partial charge in [0.15, 0.2) is 0 Å². The van der Waals surface area contributed by atoms with Crippen molar-refractivity contribution in [3.63, 3.8) is 0 Å². The van der Waals surface area contributed by atoms with E-state index in [2.05, 4.69) is 4.98 Å². The quantitative estimate of drug-likeness (QED) is 0.776. The van der Waals surface area contributed by atoms with Gasteiger partial charge in [-0.15, -0.1) is 11.3 Å². The molecule has 0 fully saturated rings. The van der Waals surface area contributed by atoms with Crippen molar-refractivity contribution in [3.8, 4) is 0 Å². The summed E-state index contributed by atoms with van der Waals surface area (Å²) in [6.07, 6.45) is 0.940. The van der Waals surface area contributed by atoms with Crippen molar-refractivity contribution < 1.29 is 14.6 Å². The third kappa shape index (κ3) is 3.60. The fourth-order valence-corrected chi connectivity index (χ4v) is 2.12. The summed E-state index contributed by atoms with van der Waals surface area (Å²) >= 11 is 1.52. The van der Waals surface area contributed by atoms with E-state index in [0.717, 1.165) is 9.88 Å². The van der Waals surface area contributed by atoms with Gasteiger partial charge in [0.25, 0.3) is 0 Å². The smallest absolute Gasteiger partial charge is 0.306 e. The maximum Gasteiger partial charge on any atom is 0.306 e. The van der Waals surface area contributed by atoms with Crippen LogP contribution in [0.4, 0.5) is 0 Å². The van der Waals surface area contributed by atoms with E-state index < -0.39 is 0 Å². The zero-order valence-electron chi connectivity index (χ0n) is 8.95. The van der Waals surface area contributed by atoms with Crippen molar-refractivity contribution in [3.05, 3.63) is 15.6 Å². The van der Waals surface area contributed by atoms with E-state index in [0.29, 0.717) is 25.1 Å².